The number of hydrogen-bond acceptors (Lipinski definition) is 6. The highest BCUT2D eigenvalue weighted by molar-refractivity contribution is 5.68. The van der Waals surface area contributed by atoms with Gasteiger partial charge in [-0.15, -0.1) is 0 Å². The minimum atomic E-state index is -0.504. The molecule has 1 aromatic carbocycles. The number of rotatable bonds is 5. The van der Waals surface area contributed by atoms with Crippen molar-refractivity contribution in [3.63, 3.8) is 0 Å². The first-order valence-electron chi connectivity index (χ1n) is 12.6. The van der Waals surface area contributed by atoms with Gasteiger partial charge in [-0.25, -0.2) is 14.2 Å². The highest BCUT2D eigenvalue weighted by Gasteiger charge is 2.29. The molecule has 2 heterocycles. The molecule has 8 heteroatoms. The van der Waals surface area contributed by atoms with E-state index in [-0.39, 0.29) is 23.9 Å². The highest BCUT2D eigenvalue weighted by Crippen LogP contribution is 2.36. The Morgan fingerprint density at radius 1 is 1.09 bits per heavy atom. The maximum atomic E-state index is 13.3. The molecule has 0 unspecified atom stereocenters. The fourth-order valence-electron chi connectivity index (χ4n) is 4.81. The van der Waals surface area contributed by atoms with Crippen LogP contribution in [-0.4, -0.2) is 51.9 Å². The second kappa shape index (κ2) is 10.8. The number of carbonyl (C=O) groups excluding carboxylic acids is 1. The fraction of sp³-hybridized carbons (Fsp3) is 0.556. The number of carbonyl (C=O) groups is 1. The number of aromatic nitrogens is 1. The summed E-state index contributed by atoms with van der Waals surface area (Å²) < 4.78 is 18.8. The number of aliphatic hydroxyl groups is 1. The summed E-state index contributed by atoms with van der Waals surface area (Å²) in [6.45, 7) is 6.93. The predicted molar refractivity (Wildman–Crippen MR) is 136 cm³/mol. The van der Waals surface area contributed by atoms with E-state index in [9.17, 15) is 14.3 Å². The van der Waals surface area contributed by atoms with Gasteiger partial charge in [-0.1, -0.05) is 0 Å². The van der Waals surface area contributed by atoms with Crippen LogP contribution in [0.1, 0.15) is 70.8 Å². The van der Waals surface area contributed by atoms with Crippen molar-refractivity contribution in [1.29, 1.82) is 0 Å². The highest BCUT2D eigenvalue weighted by atomic mass is 19.1. The Morgan fingerprint density at radius 2 is 1.74 bits per heavy atom. The molecule has 35 heavy (non-hydrogen) atoms. The zero-order chi connectivity index (χ0) is 25.0. The minimum Gasteiger partial charge on any atom is -0.444 e. The standard InChI is InChI=1S/C27H37FN4O3/c1-27(2,3)35-26(34)32-14-12-18(13-15-32)23-17-29-25(31-21-6-4-19(28)5-7-21)16-24(23)30-20-8-10-22(33)11-9-20/h4-7,16-18,20,22,33H,8-15H2,1-3H3,(H2,29,30,31). The van der Waals surface area contributed by atoms with Gasteiger partial charge in [0.2, 0.25) is 0 Å². The Bertz CT molecular complexity index is 992. The van der Waals surface area contributed by atoms with E-state index < -0.39 is 5.60 Å². The quantitative estimate of drug-likeness (QED) is 0.498. The van der Waals surface area contributed by atoms with Crippen molar-refractivity contribution < 1.29 is 19.0 Å². The van der Waals surface area contributed by atoms with Gasteiger partial charge in [0, 0.05) is 42.8 Å². The maximum absolute atomic E-state index is 13.3. The van der Waals surface area contributed by atoms with E-state index in [4.69, 9.17) is 4.74 Å². The molecule has 3 N–H and O–H groups in total. The van der Waals surface area contributed by atoms with Crippen LogP contribution in [0.4, 0.5) is 26.4 Å². The number of anilines is 3. The van der Waals surface area contributed by atoms with Crippen molar-refractivity contribution in [1.82, 2.24) is 9.88 Å². The molecular weight excluding hydrogens is 447 g/mol. The smallest absolute Gasteiger partial charge is 0.410 e. The Hall–Kier alpha value is -2.87. The van der Waals surface area contributed by atoms with Crippen molar-refractivity contribution in [2.24, 2.45) is 0 Å². The second-order valence-electron chi connectivity index (χ2n) is 10.7. The zero-order valence-electron chi connectivity index (χ0n) is 20.9. The van der Waals surface area contributed by atoms with Gasteiger partial charge in [-0.3, -0.25) is 0 Å². The van der Waals surface area contributed by atoms with Crippen LogP contribution in [-0.2, 0) is 4.74 Å². The number of aliphatic hydroxyl groups excluding tert-OH is 1. The summed E-state index contributed by atoms with van der Waals surface area (Å²) in [4.78, 5) is 18.9. The van der Waals surface area contributed by atoms with Crippen LogP contribution in [0.15, 0.2) is 36.5 Å². The molecule has 2 aliphatic rings. The first kappa shape index (κ1) is 25.2. The first-order chi connectivity index (χ1) is 16.7. The van der Waals surface area contributed by atoms with E-state index in [1.54, 1.807) is 17.0 Å². The molecule has 1 aliphatic heterocycles. The summed E-state index contributed by atoms with van der Waals surface area (Å²) >= 11 is 0. The molecule has 0 spiro atoms. The maximum Gasteiger partial charge on any atom is 0.410 e. The number of benzene rings is 1. The van der Waals surface area contributed by atoms with Gasteiger partial charge in [0.15, 0.2) is 0 Å². The summed E-state index contributed by atoms with van der Waals surface area (Å²) in [7, 11) is 0. The van der Waals surface area contributed by atoms with E-state index in [1.165, 1.54) is 12.1 Å². The van der Waals surface area contributed by atoms with Crippen molar-refractivity contribution >= 4 is 23.3 Å². The Balaban J connectivity index is 1.49. The fourth-order valence-corrected chi connectivity index (χ4v) is 4.81. The monoisotopic (exact) mass is 484 g/mol. The third kappa shape index (κ3) is 7.07. The molecule has 1 saturated heterocycles. The van der Waals surface area contributed by atoms with Crippen molar-refractivity contribution in [3.05, 3.63) is 47.9 Å². The van der Waals surface area contributed by atoms with Crippen LogP contribution >= 0.6 is 0 Å². The van der Waals surface area contributed by atoms with Crippen molar-refractivity contribution in [3.8, 4) is 0 Å². The molecule has 4 rings (SSSR count). The zero-order valence-corrected chi connectivity index (χ0v) is 20.9. The van der Waals surface area contributed by atoms with Gasteiger partial charge in [0.1, 0.15) is 17.2 Å². The molecule has 190 valence electrons. The van der Waals surface area contributed by atoms with Crippen LogP contribution in [0.5, 0.6) is 0 Å². The lowest BCUT2D eigenvalue weighted by molar-refractivity contribution is 0.0205. The van der Waals surface area contributed by atoms with Crippen molar-refractivity contribution in [2.45, 2.75) is 83.0 Å². The molecular formula is C27H37FN4O3. The molecule has 1 aliphatic carbocycles. The topological polar surface area (TPSA) is 86.7 Å². The summed E-state index contributed by atoms with van der Waals surface area (Å²) in [6, 6.07) is 8.52. The average molecular weight is 485 g/mol. The number of nitrogens with one attached hydrogen (secondary N) is 2. The molecule has 0 atom stereocenters. The van der Waals surface area contributed by atoms with Crippen LogP contribution in [0.25, 0.3) is 0 Å². The van der Waals surface area contributed by atoms with Crippen LogP contribution < -0.4 is 10.6 Å². The number of piperidine rings is 1. The Morgan fingerprint density at radius 3 is 2.37 bits per heavy atom. The summed E-state index contributed by atoms with van der Waals surface area (Å²) in [5.41, 5.74) is 2.44. The van der Waals surface area contributed by atoms with Gasteiger partial charge in [0.25, 0.3) is 0 Å². The van der Waals surface area contributed by atoms with Gasteiger partial charge < -0.3 is 25.4 Å². The van der Waals surface area contributed by atoms with E-state index >= 15 is 0 Å². The largest absolute Gasteiger partial charge is 0.444 e. The van der Waals surface area contributed by atoms with Gasteiger partial charge in [-0.05, 0) is 95.0 Å². The number of amides is 1. The molecule has 2 aromatic rings. The lowest BCUT2D eigenvalue weighted by Crippen LogP contribution is -2.41. The average Bonchev–Trinajstić information content (AvgIpc) is 2.81. The molecule has 7 nitrogen and oxygen atoms in total. The third-order valence-electron chi connectivity index (χ3n) is 6.69. The van der Waals surface area contributed by atoms with Crippen molar-refractivity contribution in [2.75, 3.05) is 23.7 Å². The lowest BCUT2D eigenvalue weighted by Gasteiger charge is -2.35. The Kier molecular flexibility index (Phi) is 7.79. The van der Waals surface area contributed by atoms with Crippen LogP contribution in [0.2, 0.25) is 0 Å². The number of ether oxygens (including phenoxy) is 1. The van der Waals surface area contributed by atoms with Gasteiger partial charge in [0.05, 0.1) is 6.10 Å². The normalized spacial score (nSPS) is 21.5. The van der Waals surface area contributed by atoms with Gasteiger partial charge >= 0.3 is 6.09 Å². The third-order valence-corrected chi connectivity index (χ3v) is 6.69. The Labute approximate surface area is 207 Å². The molecule has 2 fully saturated rings. The molecule has 1 aromatic heterocycles. The lowest BCUT2D eigenvalue weighted by atomic mass is 9.88. The van der Waals surface area contributed by atoms with E-state index in [1.807, 2.05) is 33.0 Å². The van der Waals surface area contributed by atoms with E-state index in [0.29, 0.717) is 24.9 Å². The number of likely N-dealkylation sites (tertiary alicyclic amines) is 1. The molecule has 1 amide bonds. The number of nitrogens with zero attached hydrogens (tertiary/aromatic N) is 2. The number of halogens is 1. The van der Waals surface area contributed by atoms with Crippen LogP contribution in [0, 0.1) is 5.82 Å². The SMILES string of the molecule is CC(C)(C)OC(=O)N1CCC(c2cnc(Nc3ccc(F)cc3)cc2NC2CCC(O)CC2)CC1. The van der Waals surface area contributed by atoms with E-state index in [2.05, 4.69) is 15.6 Å². The predicted octanol–water partition coefficient (Wildman–Crippen LogP) is 5.79. The second-order valence-corrected chi connectivity index (χ2v) is 10.7. The summed E-state index contributed by atoms with van der Waals surface area (Å²) in [5, 5.41) is 16.9. The molecule has 0 bridgehead atoms. The van der Waals surface area contributed by atoms with Crippen LogP contribution in [0.3, 0.4) is 0 Å². The summed E-state index contributed by atoms with van der Waals surface area (Å²) in [6.07, 6.45) is 6.55. The molecule has 1 saturated carbocycles. The number of hydrogen-bond donors (Lipinski definition) is 3. The first-order valence-corrected chi connectivity index (χ1v) is 12.6. The minimum absolute atomic E-state index is 0.210. The van der Waals surface area contributed by atoms with E-state index in [0.717, 1.165) is 55.5 Å². The number of pyridine rings is 1. The summed E-state index contributed by atoms with van der Waals surface area (Å²) in [5.74, 6) is 0.682. The van der Waals surface area contributed by atoms with Gasteiger partial charge in [-0.2, -0.15) is 0 Å². The molecule has 0 radical (unpaired) electrons.